The smallest absolute Gasteiger partial charge is 0.256 e. The highest BCUT2D eigenvalue weighted by atomic mass is 32.1. The van der Waals surface area contributed by atoms with Crippen molar-refractivity contribution in [2.45, 2.75) is 46.5 Å². The summed E-state index contributed by atoms with van der Waals surface area (Å²) in [5.74, 6) is 0.737. The van der Waals surface area contributed by atoms with Crippen LogP contribution in [0.5, 0.6) is 0 Å². The minimum absolute atomic E-state index is 0.0191. The quantitative estimate of drug-likeness (QED) is 0.787. The second-order valence-corrected chi connectivity index (χ2v) is 7.14. The summed E-state index contributed by atoms with van der Waals surface area (Å²) in [5.41, 5.74) is 4.12. The highest BCUT2D eigenvalue weighted by Gasteiger charge is 2.17. The molecule has 1 aromatic heterocycles. The predicted molar refractivity (Wildman–Crippen MR) is 91.6 cm³/mol. The Balaban J connectivity index is 2.39. The van der Waals surface area contributed by atoms with Crippen molar-refractivity contribution in [3.63, 3.8) is 0 Å². The Morgan fingerprint density at radius 3 is 2.10 bits per heavy atom. The molecule has 0 aliphatic rings. The van der Waals surface area contributed by atoms with Crippen molar-refractivity contribution >= 4 is 22.9 Å². The Labute approximate surface area is 131 Å². The summed E-state index contributed by atoms with van der Waals surface area (Å²) < 4.78 is 0. The average Bonchev–Trinajstić information content (AvgIpc) is 2.85. The van der Waals surface area contributed by atoms with Crippen LogP contribution in [0.3, 0.4) is 0 Å². The summed E-state index contributed by atoms with van der Waals surface area (Å²) >= 11 is 1.60. The van der Waals surface area contributed by atoms with Crippen molar-refractivity contribution in [1.29, 1.82) is 0 Å². The summed E-state index contributed by atoms with van der Waals surface area (Å²) in [5, 5.41) is 5.05. The molecule has 0 aliphatic heterocycles. The van der Waals surface area contributed by atoms with Crippen LogP contribution in [0.25, 0.3) is 0 Å². The van der Waals surface area contributed by atoms with Crippen LogP contribution in [0.4, 0.5) is 5.69 Å². The van der Waals surface area contributed by atoms with Gasteiger partial charge in [-0.25, -0.2) is 0 Å². The maximum absolute atomic E-state index is 12.5. The van der Waals surface area contributed by atoms with E-state index in [1.165, 1.54) is 11.1 Å². The van der Waals surface area contributed by atoms with E-state index < -0.39 is 0 Å². The number of para-hydroxylation sites is 1. The molecule has 0 bridgehead atoms. The van der Waals surface area contributed by atoms with Crippen molar-refractivity contribution in [1.82, 2.24) is 0 Å². The second kappa shape index (κ2) is 6.44. The van der Waals surface area contributed by atoms with Gasteiger partial charge in [0, 0.05) is 15.9 Å². The molecule has 2 rings (SSSR count). The lowest BCUT2D eigenvalue weighted by molar-refractivity contribution is 0.102. The summed E-state index contributed by atoms with van der Waals surface area (Å²) in [7, 11) is 0. The average molecular weight is 301 g/mol. The first-order valence-electron chi connectivity index (χ1n) is 7.39. The van der Waals surface area contributed by atoms with Crippen LogP contribution in [0.2, 0.25) is 0 Å². The number of carbonyl (C=O) groups is 1. The first-order valence-corrected chi connectivity index (χ1v) is 8.27. The third-order valence-corrected chi connectivity index (χ3v) is 4.47. The van der Waals surface area contributed by atoms with Gasteiger partial charge in [-0.3, -0.25) is 4.79 Å². The fraction of sp³-hybridized carbons (Fsp3) is 0.389. The van der Waals surface area contributed by atoms with E-state index in [9.17, 15) is 4.79 Å². The Hall–Kier alpha value is -1.61. The van der Waals surface area contributed by atoms with Crippen LogP contribution in [0, 0.1) is 6.92 Å². The molecule has 0 aliphatic carbocycles. The monoisotopic (exact) mass is 301 g/mol. The molecule has 1 amide bonds. The molecule has 0 spiro atoms. The molecule has 2 nitrogen and oxygen atoms in total. The first-order chi connectivity index (χ1) is 9.90. The lowest BCUT2D eigenvalue weighted by atomic mass is 9.92. The predicted octanol–water partition coefficient (Wildman–Crippen LogP) is 5.56. The normalized spacial score (nSPS) is 11.2. The molecule has 1 heterocycles. The van der Waals surface area contributed by atoms with Gasteiger partial charge in [-0.05, 0) is 36.0 Å². The van der Waals surface area contributed by atoms with Crippen molar-refractivity contribution in [3.05, 3.63) is 51.2 Å². The number of hydrogen-bond donors (Lipinski definition) is 1. The van der Waals surface area contributed by atoms with E-state index in [2.05, 4.69) is 51.2 Å². The Kier molecular flexibility index (Phi) is 4.84. The van der Waals surface area contributed by atoms with Gasteiger partial charge in [0.1, 0.15) is 0 Å². The van der Waals surface area contributed by atoms with Crippen molar-refractivity contribution in [2.75, 3.05) is 5.32 Å². The molecule has 2 aromatic rings. The Bertz CT molecular complexity index is 614. The SMILES string of the molecule is Cc1cc(C(=O)Nc2c(C(C)C)cccc2C(C)C)cs1. The third-order valence-electron chi connectivity index (χ3n) is 3.60. The zero-order chi connectivity index (χ0) is 15.6. The lowest BCUT2D eigenvalue weighted by Gasteiger charge is -2.20. The minimum Gasteiger partial charge on any atom is -0.321 e. The van der Waals surface area contributed by atoms with Crippen LogP contribution in [-0.2, 0) is 0 Å². The molecular formula is C18H23NOS. The Morgan fingerprint density at radius 1 is 1.10 bits per heavy atom. The molecule has 21 heavy (non-hydrogen) atoms. The van der Waals surface area contributed by atoms with Gasteiger partial charge in [0.05, 0.1) is 5.56 Å². The van der Waals surface area contributed by atoms with E-state index in [1.807, 2.05) is 18.4 Å². The van der Waals surface area contributed by atoms with Gasteiger partial charge in [-0.2, -0.15) is 0 Å². The van der Waals surface area contributed by atoms with Crippen LogP contribution >= 0.6 is 11.3 Å². The van der Waals surface area contributed by atoms with E-state index in [1.54, 1.807) is 11.3 Å². The van der Waals surface area contributed by atoms with E-state index in [4.69, 9.17) is 0 Å². The highest BCUT2D eigenvalue weighted by molar-refractivity contribution is 7.10. The zero-order valence-corrected chi connectivity index (χ0v) is 14.2. The number of benzene rings is 1. The van der Waals surface area contributed by atoms with Gasteiger partial charge >= 0.3 is 0 Å². The number of thiophene rings is 1. The molecule has 1 aromatic carbocycles. The molecule has 0 saturated carbocycles. The molecule has 0 fully saturated rings. The van der Waals surface area contributed by atoms with Gasteiger partial charge in [-0.15, -0.1) is 11.3 Å². The Morgan fingerprint density at radius 2 is 1.67 bits per heavy atom. The van der Waals surface area contributed by atoms with Crippen LogP contribution < -0.4 is 5.32 Å². The first kappa shape index (κ1) is 15.8. The lowest BCUT2D eigenvalue weighted by Crippen LogP contribution is -2.15. The van der Waals surface area contributed by atoms with Crippen LogP contribution in [-0.4, -0.2) is 5.91 Å². The number of aryl methyl sites for hydroxylation is 1. The van der Waals surface area contributed by atoms with Gasteiger partial charge in [-0.1, -0.05) is 45.9 Å². The second-order valence-electron chi connectivity index (χ2n) is 6.02. The van der Waals surface area contributed by atoms with Crippen molar-refractivity contribution in [3.8, 4) is 0 Å². The fourth-order valence-corrected chi connectivity index (χ4v) is 3.13. The topological polar surface area (TPSA) is 29.1 Å². The number of hydrogen-bond acceptors (Lipinski definition) is 2. The fourth-order valence-electron chi connectivity index (χ4n) is 2.44. The number of amides is 1. The van der Waals surface area contributed by atoms with Gasteiger partial charge in [0.25, 0.3) is 5.91 Å². The highest BCUT2D eigenvalue weighted by Crippen LogP contribution is 2.32. The maximum Gasteiger partial charge on any atom is 0.256 e. The van der Waals surface area contributed by atoms with Gasteiger partial charge in [0.2, 0.25) is 0 Å². The van der Waals surface area contributed by atoms with Crippen LogP contribution in [0.15, 0.2) is 29.6 Å². The largest absolute Gasteiger partial charge is 0.321 e. The minimum atomic E-state index is -0.0191. The van der Waals surface area contributed by atoms with E-state index in [-0.39, 0.29) is 5.91 Å². The van der Waals surface area contributed by atoms with E-state index >= 15 is 0 Å². The van der Waals surface area contributed by atoms with E-state index in [0.717, 1.165) is 16.1 Å². The maximum atomic E-state index is 12.5. The molecular weight excluding hydrogens is 278 g/mol. The molecule has 0 unspecified atom stereocenters. The van der Waals surface area contributed by atoms with Crippen molar-refractivity contribution < 1.29 is 4.79 Å². The molecule has 3 heteroatoms. The summed E-state index contributed by atoms with van der Waals surface area (Å²) in [4.78, 5) is 13.6. The van der Waals surface area contributed by atoms with E-state index in [0.29, 0.717) is 11.8 Å². The number of rotatable bonds is 4. The standard InChI is InChI=1S/C18H23NOS/c1-11(2)15-7-6-8-16(12(3)4)17(15)19-18(20)14-9-13(5)21-10-14/h6-12H,1-5H3,(H,19,20). The summed E-state index contributed by atoms with van der Waals surface area (Å²) in [6.07, 6.45) is 0. The summed E-state index contributed by atoms with van der Waals surface area (Å²) in [6, 6.07) is 8.22. The summed E-state index contributed by atoms with van der Waals surface area (Å²) in [6.45, 7) is 10.6. The van der Waals surface area contributed by atoms with Crippen molar-refractivity contribution in [2.24, 2.45) is 0 Å². The molecule has 0 atom stereocenters. The number of nitrogens with one attached hydrogen (secondary N) is 1. The molecule has 112 valence electrons. The molecule has 1 N–H and O–H groups in total. The van der Waals surface area contributed by atoms with Gasteiger partial charge in [0.15, 0.2) is 0 Å². The zero-order valence-electron chi connectivity index (χ0n) is 13.4. The third kappa shape index (κ3) is 3.53. The number of carbonyl (C=O) groups excluding carboxylic acids is 1. The molecule has 0 saturated heterocycles. The van der Waals surface area contributed by atoms with Gasteiger partial charge < -0.3 is 5.32 Å². The van der Waals surface area contributed by atoms with Crippen LogP contribution in [0.1, 0.15) is 65.9 Å². The molecule has 0 radical (unpaired) electrons. The number of anilines is 1.